The van der Waals surface area contributed by atoms with Crippen LogP contribution >= 0.6 is 22.9 Å². The molecule has 3 N–H and O–H groups in total. The van der Waals surface area contributed by atoms with Crippen molar-refractivity contribution in [2.75, 3.05) is 5.32 Å². The van der Waals surface area contributed by atoms with Crippen LogP contribution in [0.5, 0.6) is 0 Å². The summed E-state index contributed by atoms with van der Waals surface area (Å²) >= 11 is 7.84. The maximum atomic E-state index is 13.9. The van der Waals surface area contributed by atoms with E-state index in [1.54, 1.807) is 17.4 Å². The maximum Gasteiger partial charge on any atom is 0.177 e. The van der Waals surface area contributed by atoms with Crippen molar-refractivity contribution in [3.63, 3.8) is 0 Å². The van der Waals surface area contributed by atoms with Crippen molar-refractivity contribution in [3.8, 4) is 12.3 Å². The first-order valence-corrected chi connectivity index (χ1v) is 9.59. The molecule has 0 saturated heterocycles. The minimum Gasteiger partial charge on any atom is -0.455 e. The van der Waals surface area contributed by atoms with Gasteiger partial charge in [-0.15, -0.1) is 17.8 Å². The molecule has 0 radical (unpaired) electrons. The molecule has 4 nitrogen and oxygen atoms in total. The third-order valence-corrected chi connectivity index (χ3v) is 5.86. The number of hydrogen-bond acceptors (Lipinski definition) is 5. The van der Waals surface area contributed by atoms with Crippen LogP contribution in [0.1, 0.15) is 35.0 Å². The van der Waals surface area contributed by atoms with Crippen molar-refractivity contribution in [1.82, 2.24) is 4.98 Å². The second-order valence-electron chi connectivity index (χ2n) is 6.37. The Morgan fingerprint density at radius 1 is 1.50 bits per heavy atom. The van der Waals surface area contributed by atoms with Crippen molar-refractivity contribution in [2.45, 2.75) is 37.5 Å². The van der Waals surface area contributed by atoms with Gasteiger partial charge in [0.1, 0.15) is 22.6 Å². The van der Waals surface area contributed by atoms with Gasteiger partial charge in [0.05, 0.1) is 11.3 Å². The van der Waals surface area contributed by atoms with Gasteiger partial charge in [-0.1, -0.05) is 23.6 Å². The highest BCUT2D eigenvalue weighted by molar-refractivity contribution is 7.09. The summed E-state index contributed by atoms with van der Waals surface area (Å²) in [6, 6.07) is 5.11. The van der Waals surface area contributed by atoms with Gasteiger partial charge in [0, 0.05) is 29.4 Å². The third-order valence-electron chi connectivity index (χ3n) is 4.79. The van der Waals surface area contributed by atoms with E-state index in [-0.39, 0.29) is 5.92 Å². The average molecular weight is 390 g/mol. The lowest BCUT2D eigenvalue weighted by molar-refractivity contribution is 0.300. The highest BCUT2D eigenvalue weighted by atomic mass is 35.5. The summed E-state index contributed by atoms with van der Waals surface area (Å²) in [5.74, 6) is 2.91. The summed E-state index contributed by atoms with van der Waals surface area (Å²) in [5.41, 5.74) is 8.29. The number of halogens is 2. The molecular weight excluding hydrogens is 373 g/mol. The van der Waals surface area contributed by atoms with Crippen LogP contribution in [0.3, 0.4) is 0 Å². The van der Waals surface area contributed by atoms with Crippen molar-refractivity contribution < 1.29 is 8.81 Å². The molecule has 1 aliphatic carbocycles. The van der Waals surface area contributed by atoms with Gasteiger partial charge in [-0.05, 0) is 24.3 Å². The lowest BCUT2D eigenvalue weighted by Crippen LogP contribution is -2.31. The zero-order valence-electron chi connectivity index (χ0n) is 13.8. The van der Waals surface area contributed by atoms with E-state index in [4.69, 9.17) is 28.2 Å². The lowest BCUT2D eigenvalue weighted by Gasteiger charge is -2.14. The number of thiophene rings is 1. The van der Waals surface area contributed by atoms with Gasteiger partial charge in [0.15, 0.2) is 5.58 Å². The third kappa shape index (κ3) is 2.96. The largest absolute Gasteiger partial charge is 0.455 e. The molecule has 0 bridgehead atoms. The highest BCUT2D eigenvalue weighted by Crippen LogP contribution is 2.42. The van der Waals surface area contributed by atoms with E-state index in [0.717, 1.165) is 0 Å². The Morgan fingerprint density at radius 2 is 2.35 bits per heavy atom. The van der Waals surface area contributed by atoms with Crippen molar-refractivity contribution in [2.24, 2.45) is 5.73 Å². The second-order valence-corrected chi connectivity index (χ2v) is 7.79. The number of anilines is 1. The Balaban J connectivity index is 1.78. The molecule has 4 rings (SSSR count). The van der Waals surface area contributed by atoms with E-state index in [2.05, 4.69) is 16.2 Å². The average Bonchev–Trinajstić information content (AvgIpc) is 3.33. The SMILES string of the molecule is C#Cc1c([C@@H]2CC[C@H](F)[C@@H]2N)oc2c(NCc3cccs3)cc(Cl)nc12. The molecule has 0 aliphatic heterocycles. The van der Waals surface area contributed by atoms with Gasteiger partial charge in [-0.2, -0.15) is 0 Å². The number of nitrogens with one attached hydrogen (secondary N) is 1. The van der Waals surface area contributed by atoms with Crippen LogP contribution in [-0.4, -0.2) is 17.2 Å². The van der Waals surface area contributed by atoms with Crippen LogP contribution in [0.2, 0.25) is 5.15 Å². The molecule has 7 heteroatoms. The predicted octanol–water partition coefficient (Wildman–Crippen LogP) is 4.68. The molecule has 0 amide bonds. The van der Waals surface area contributed by atoms with Gasteiger partial charge >= 0.3 is 0 Å². The number of furan rings is 1. The molecule has 0 spiro atoms. The summed E-state index contributed by atoms with van der Waals surface area (Å²) in [7, 11) is 0. The number of nitrogens with two attached hydrogens (primary N) is 1. The Morgan fingerprint density at radius 3 is 3.00 bits per heavy atom. The first kappa shape index (κ1) is 17.3. The minimum absolute atomic E-state index is 0.255. The monoisotopic (exact) mass is 389 g/mol. The van der Waals surface area contributed by atoms with Crippen LogP contribution < -0.4 is 11.1 Å². The Kier molecular flexibility index (Phi) is 4.62. The van der Waals surface area contributed by atoms with Crippen LogP contribution in [0.15, 0.2) is 28.0 Å². The van der Waals surface area contributed by atoms with E-state index in [1.165, 1.54) is 4.88 Å². The van der Waals surface area contributed by atoms with Crippen LogP contribution in [0.4, 0.5) is 10.1 Å². The van der Waals surface area contributed by atoms with E-state index in [1.807, 2.05) is 17.5 Å². The number of alkyl halides is 1. The number of fused-ring (bicyclic) bond motifs is 1. The molecule has 0 aromatic carbocycles. The molecule has 1 aliphatic rings. The molecule has 26 heavy (non-hydrogen) atoms. The lowest BCUT2D eigenvalue weighted by atomic mass is 9.97. The number of nitrogens with zero attached hydrogens (tertiary/aromatic N) is 1. The molecular formula is C19H17ClFN3OS. The number of hydrogen-bond donors (Lipinski definition) is 2. The minimum atomic E-state index is -1.05. The molecule has 3 aromatic rings. The fourth-order valence-corrected chi connectivity index (χ4v) is 4.30. The molecule has 3 aromatic heterocycles. The fraction of sp³-hybridized carbons (Fsp3) is 0.316. The quantitative estimate of drug-likeness (QED) is 0.502. The van der Waals surface area contributed by atoms with E-state index in [0.29, 0.717) is 52.7 Å². The van der Waals surface area contributed by atoms with Gasteiger partial charge in [0.2, 0.25) is 0 Å². The number of aromatic nitrogens is 1. The fourth-order valence-electron chi connectivity index (χ4n) is 3.46. The molecule has 3 atom stereocenters. The van der Waals surface area contributed by atoms with Crippen LogP contribution in [0.25, 0.3) is 11.1 Å². The number of terminal acetylenes is 1. The Hall–Kier alpha value is -2.07. The van der Waals surface area contributed by atoms with Gasteiger partial charge in [-0.3, -0.25) is 0 Å². The van der Waals surface area contributed by atoms with E-state index < -0.39 is 12.2 Å². The first-order valence-electron chi connectivity index (χ1n) is 8.34. The van der Waals surface area contributed by atoms with E-state index in [9.17, 15) is 4.39 Å². The van der Waals surface area contributed by atoms with Crippen molar-refractivity contribution >= 4 is 39.7 Å². The normalized spacial score (nSPS) is 22.6. The summed E-state index contributed by atoms with van der Waals surface area (Å²) < 4.78 is 20.0. The standard InChI is InChI=1S/C19H17ClFN3OS/c1-2-11-17-19(25-18(11)12-5-6-13(21)16(12)22)14(8-15(20)24-17)23-9-10-4-3-7-26-10/h1,3-4,7-8,12-13,16H,5-6,9,22H2,(H,23,24)/t12-,13+,16-/m1/s1. The first-order chi connectivity index (χ1) is 12.6. The van der Waals surface area contributed by atoms with Gasteiger partial charge < -0.3 is 15.5 Å². The predicted molar refractivity (Wildman–Crippen MR) is 103 cm³/mol. The summed E-state index contributed by atoms with van der Waals surface area (Å²) in [6.07, 6.45) is 5.67. The van der Waals surface area contributed by atoms with Crippen molar-refractivity contribution in [1.29, 1.82) is 0 Å². The van der Waals surface area contributed by atoms with Crippen LogP contribution in [-0.2, 0) is 6.54 Å². The topological polar surface area (TPSA) is 64.1 Å². The van der Waals surface area contributed by atoms with E-state index >= 15 is 0 Å². The smallest absolute Gasteiger partial charge is 0.177 e. The highest BCUT2D eigenvalue weighted by Gasteiger charge is 2.38. The van der Waals surface area contributed by atoms with Crippen molar-refractivity contribution in [3.05, 3.63) is 44.9 Å². The Bertz CT molecular complexity index is 979. The van der Waals surface area contributed by atoms with Gasteiger partial charge in [-0.25, -0.2) is 9.37 Å². The van der Waals surface area contributed by atoms with Crippen LogP contribution in [0, 0.1) is 12.3 Å². The molecule has 3 heterocycles. The zero-order valence-corrected chi connectivity index (χ0v) is 15.4. The van der Waals surface area contributed by atoms with Gasteiger partial charge in [0.25, 0.3) is 0 Å². The Labute approximate surface area is 159 Å². The summed E-state index contributed by atoms with van der Waals surface area (Å²) in [6.45, 7) is 0.629. The number of pyridine rings is 1. The maximum absolute atomic E-state index is 13.9. The molecule has 134 valence electrons. The zero-order chi connectivity index (χ0) is 18.3. The molecule has 1 fully saturated rings. The molecule has 1 saturated carbocycles. The summed E-state index contributed by atoms with van der Waals surface area (Å²) in [5, 5.41) is 5.65. The molecule has 0 unspecified atom stereocenters. The second kappa shape index (κ2) is 6.92. The summed E-state index contributed by atoms with van der Waals surface area (Å²) in [4.78, 5) is 5.52. The number of rotatable bonds is 4.